The first kappa shape index (κ1) is 31.5. The first-order valence-corrected chi connectivity index (χ1v) is 17.0. The molecule has 2 N–H and O–H groups in total. The lowest BCUT2D eigenvalue weighted by molar-refractivity contribution is -0.670. The molecule has 2 aromatic carbocycles. The number of anilines is 2. The van der Waals surface area contributed by atoms with Gasteiger partial charge in [0.25, 0.3) is 26.1 Å². The van der Waals surface area contributed by atoms with Gasteiger partial charge in [0.05, 0.1) is 42.5 Å². The first-order chi connectivity index (χ1) is 19.9. The van der Waals surface area contributed by atoms with Gasteiger partial charge in [0.1, 0.15) is 5.82 Å². The van der Waals surface area contributed by atoms with Gasteiger partial charge in [-0.3, -0.25) is 9.11 Å². The molecule has 4 rings (SSSR count). The number of hydrogen-bond acceptors (Lipinski definition) is 6. The average Bonchev–Trinajstić information content (AvgIpc) is 3.37. The van der Waals surface area contributed by atoms with E-state index >= 15 is 0 Å². The summed E-state index contributed by atoms with van der Waals surface area (Å²) in [5, 5.41) is 0.540. The van der Waals surface area contributed by atoms with Crippen LogP contribution >= 0.6 is 11.6 Å². The summed E-state index contributed by atoms with van der Waals surface area (Å²) in [6.07, 6.45) is 6.07. The molecule has 2 heterocycles. The van der Waals surface area contributed by atoms with Crippen LogP contribution in [-0.4, -0.2) is 55.1 Å². The Hall–Kier alpha value is -3.41. The molecular weight excluding hydrogens is 602 g/mol. The minimum absolute atomic E-state index is 0.178. The fraction of sp³-hybridized carbons (Fsp3) is 0.357. The third-order valence-electron chi connectivity index (χ3n) is 6.99. The van der Waals surface area contributed by atoms with Crippen LogP contribution < -0.4 is 14.4 Å². The molecule has 3 aromatic rings. The van der Waals surface area contributed by atoms with Gasteiger partial charge in [0.15, 0.2) is 16.7 Å². The van der Waals surface area contributed by atoms with Gasteiger partial charge in [-0.15, -0.1) is 0 Å². The van der Waals surface area contributed by atoms with E-state index < -0.39 is 20.2 Å². The number of halogens is 1. The van der Waals surface area contributed by atoms with Gasteiger partial charge in [-0.05, 0) is 56.7 Å². The molecule has 0 saturated carbocycles. The lowest BCUT2D eigenvalue weighted by Crippen LogP contribution is -2.35. The topological polar surface area (TPSA) is 128 Å². The maximum absolute atomic E-state index is 11.4. The minimum Gasteiger partial charge on any atom is -0.326 e. The van der Waals surface area contributed by atoms with E-state index in [4.69, 9.17) is 18.2 Å². The van der Waals surface area contributed by atoms with E-state index in [2.05, 4.69) is 14.3 Å². The number of allylic oxidation sites excluding steroid dienone is 2. The highest BCUT2D eigenvalue weighted by Crippen LogP contribution is 2.43. The normalized spacial score (nSPS) is 14.8. The van der Waals surface area contributed by atoms with Crippen molar-refractivity contribution in [3.8, 4) is 0 Å². The lowest BCUT2D eigenvalue weighted by Gasteiger charge is -2.24. The highest BCUT2D eigenvalue weighted by atomic mass is 35.5. The highest BCUT2D eigenvalue weighted by Gasteiger charge is 2.30. The van der Waals surface area contributed by atoms with Crippen molar-refractivity contribution in [2.45, 2.75) is 39.8 Å². The molecule has 0 radical (unpaired) electrons. The summed E-state index contributed by atoms with van der Waals surface area (Å²) in [7, 11) is -8.25. The fourth-order valence-electron chi connectivity index (χ4n) is 5.28. The minimum atomic E-state index is -4.13. The Kier molecular flexibility index (Phi) is 9.64. The van der Waals surface area contributed by atoms with Crippen LogP contribution in [0.1, 0.15) is 32.5 Å². The van der Waals surface area contributed by atoms with Crippen molar-refractivity contribution in [3.05, 3.63) is 76.6 Å². The van der Waals surface area contributed by atoms with Crippen LogP contribution in [0.15, 0.2) is 54.4 Å². The second kappa shape index (κ2) is 12.8. The van der Waals surface area contributed by atoms with E-state index in [1.807, 2.05) is 59.7 Å². The SMILES string of the molecule is [C-]#[N+]c1ccc2c(c1)n(CCCS(=O)(=O)O)c(/C=C/C=C1\N(CC)c3ccc(Cl)cc3N1CCCS(=O)(=O)O)[n+]2CC. The molecule has 0 atom stereocenters. The molecule has 11 nitrogen and oxygen atoms in total. The van der Waals surface area contributed by atoms with Gasteiger partial charge < -0.3 is 9.80 Å². The van der Waals surface area contributed by atoms with Crippen LogP contribution in [0, 0.1) is 6.57 Å². The Bertz CT molecular complexity index is 1810. The maximum atomic E-state index is 11.4. The van der Waals surface area contributed by atoms with E-state index in [1.165, 1.54) is 0 Å². The molecule has 14 heteroatoms. The van der Waals surface area contributed by atoms with Crippen molar-refractivity contribution in [1.82, 2.24) is 4.57 Å². The Morgan fingerprint density at radius 2 is 1.64 bits per heavy atom. The van der Waals surface area contributed by atoms with Crippen molar-refractivity contribution in [1.29, 1.82) is 0 Å². The number of imidazole rings is 1. The van der Waals surface area contributed by atoms with Crippen LogP contribution in [0.4, 0.5) is 17.1 Å². The molecule has 0 aliphatic carbocycles. The van der Waals surface area contributed by atoms with Crippen LogP contribution in [0.5, 0.6) is 0 Å². The molecule has 1 aliphatic rings. The Labute approximate surface area is 251 Å². The Morgan fingerprint density at radius 3 is 2.26 bits per heavy atom. The number of hydrogen-bond donors (Lipinski definition) is 2. The average molecular weight is 635 g/mol. The van der Waals surface area contributed by atoms with Gasteiger partial charge in [0, 0.05) is 30.6 Å². The molecule has 0 fully saturated rings. The quantitative estimate of drug-likeness (QED) is 0.163. The van der Waals surface area contributed by atoms with E-state index in [1.54, 1.807) is 18.2 Å². The van der Waals surface area contributed by atoms with Gasteiger partial charge in [-0.1, -0.05) is 23.7 Å². The molecule has 0 saturated heterocycles. The van der Waals surface area contributed by atoms with Crippen LogP contribution in [0.3, 0.4) is 0 Å². The van der Waals surface area contributed by atoms with Crippen molar-refractivity contribution < 1.29 is 30.5 Å². The third-order valence-corrected chi connectivity index (χ3v) is 8.83. The van der Waals surface area contributed by atoms with E-state index in [9.17, 15) is 25.9 Å². The van der Waals surface area contributed by atoms with Crippen LogP contribution in [0.25, 0.3) is 22.0 Å². The van der Waals surface area contributed by atoms with Crippen LogP contribution in [-0.2, 0) is 33.3 Å². The van der Waals surface area contributed by atoms with Crippen molar-refractivity contribution in [3.63, 3.8) is 0 Å². The molecule has 42 heavy (non-hydrogen) atoms. The molecule has 224 valence electrons. The van der Waals surface area contributed by atoms with E-state index in [0.717, 1.165) is 34.1 Å². The zero-order chi connectivity index (χ0) is 30.7. The van der Waals surface area contributed by atoms with Crippen molar-refractivity contribution in [2.75, 3.05) is 34.4 Å². The number of aromatic nitrogens is 2. The standard InChI is InChI=1S/C28H32ClN5O6S2/c1-4-31-23-13-11-21(29)19-25(23)33(15-7-17-41(35,36)37)27(31)9-6-10-28-32(5-2)24-14-12-22(30-3)20-26(24)34(28)16-8-18-42(38,39)40/h6,9-14,19-20H,4-5,7-8,15-18H2,1-2H3,(H-,35,36,37,38,39,40)/p+1. The van der Waals surface area contributed by atoms with Crippen molar-refractivity contribution >= 4 is 66.0 Å². The second-order valence-electron chi connectivity index (χ2n) is 9.73. The summed E-state index contributed by atoms with van der Waals surface area (Å²) in [6.45, 7) is 13.3. The van der Waals surface area contributed by atoms with Gasteiger partial charge in [-0.2, -0.15) is 16.8 Å². The maximum Gasteiger partial charge on any atom is 0.282 e. The summed E-state index contributed by atoms with van der Waals surface area (Å²) in [6, 6.07) is 10.9. The Morgan fingerprint density at radius 1 is 0.952 bits per heavy atom. The summed E-state index contributed by atoms with van der Waals surface area (Å²) in [4.78, 5) is 7.60. The smallest absolute Gasteiger partial charge is 0.282 e. The van der Waals surface area contributed by atoms with Gasteiger partial charge in [0.2, 0.25) is 0 Å². The molecular formula is C28H33ClN5O6S2+. The lowest BCUT2D eigenvalue weighted by atomic mass is 10.2. The zero-order valence-corrected chi connectivity index (χ0v) is 25.7. The third kappa shape index (κ3) is 7.14. The molecule has 1 aromatic heterocycles. The molecule has 0 unspecified atom stereocenters. The second-order valence-corrected chi connectivity index (χ2v) is 13.3. The molecule has 1 aliphatic heterocycles. The summed E-state index contributed by atoms with van der Waals surface area (Å²) >= 11 is 6.31. The first-order valence-electron chi connectivity index (χ1n) is 13.4. The molecule has 0 spiro atoms. The number of nitrogens with zero attached hydrogens (tertiary/aromatic N) is 5. The monoisotopic (exact) mass is 634 g/mol. The number of rotatable bonds is 12. The summed E-state index contributed by atoms with van der Waals surface area (Å²) in [5.74, 6) is 0.816. The molecule has 0 amide bonds. The van der Waals surface area contributed by atoms with Gasteiger partial charge in [-0.25, -0.2) is 14.0 Å². The van der Waals surface area contributed by atoms with E-state index in [0.29, 0.717) is 36.9 Å². The van der Waals surface area contributed by atoms with E-state index in [-0.39, 0.29) is 24.3 Å². The largest absolute Gasteiger partial charge is 0.326 e. The Balaban J connectivity index is 1.78. The predicted molar refractivity (Wildman–Crippen MR) is 165 cm³/mol. The predicted octanol–water partition coefficient (Wildman–Crippen LogP) is 4.91. The number of benzene rings is 2. The zero-order valence-electron chi connectivity index (χ0n) is 23.3. The van der Waals surface area contributed by atoms with Crippen molar-refractivity contribution in [2.24, 2.45) is 0 Å². The van der Waals surface area contributed by atoms with Gasteiger partial charge >= 0.3 is 0 Å². The number of fused-ring (bicyclic) bond motifs is 2. The number of aryl methyl sites for hydroxylation is 2. The highest BCUT2D eigenvalue weighted by molar-refractivity contribution is 7.86. The fourth-order valence-corrected chi connectivity index (χ4v) is 6.43. The summed E-state index contributed by atoms with van der Waals surface area (Å²) in [5.41, 5.74) is 3.86. The van der Waals surface area contributed by atoms with Crippen LogP contribution in [0.2, 0.25) is 5.02 Å². The summed E-state index contributed by atoms with van der Waals surface area (Å²) < 4.78 is 68.1. The molecule has 0 bridgehead atoms.